The molecule has 0 bridgehead atoms. The van der Waals surface area contributed by atoms with Crippen molar-refractivity contribution in [1.82, 2.24) is 14.7 Å². The molecule has 138 valence electrons. The molecule has 27 heavy (non-hydrogen) atoms. The van der Waals surface area contributed by atoms with E-state index in [1.807, 2.05) is 48.0 Å². The number of carbonyl (C=O) groups is 2. The fourth-order valence-corrected chi connectivity index (χ4v) is 3.37. The van der Waals surface area contributed by atoms with Gasteiger partial charge in [0.2, 0.25) is 5.91 Å². The molecule has 6 heteroatoms. The van der Waals surface area contributed by atoms with E-state index in [2.05, 4.69) is 10.3 Å². The third-order valence-electron chi connectivity index (χ3n) is 4.86. The lowest BCUT2D eigenvalue weighted by Gasteiger charge is -2.26. The smallest absolute Gasteiger partial charge is 0.251 e. The molecule has 4 rings (SSSR count). The summed E-state index contributed by atoms with van der Waals surface area (Å²) >= 11 is 0. The molecule has 0 radical (unpaired) electrons. The summed E-state index contributed by atoms with van der Waals surface area (Å²) in [6.07, 6.45) is 6.45. The third-order valence-corrected chi connectivity index (χ3v) is 4.86. The van der Waals surface area contributed by atoms with Crippen LogP contribution in [0.4, 0.5) is 5.69 Å². The molecule has 1 aromatic carbocycles. The van der Waals surface area contributed by atoms with Gasteiger partial charge in [0.25, 0.3) is 5.91 Å². The van der Waals surface area contributed by atoms with Crippen molar-refractivity contribution in [2.24, 2.45) is 0 Å². The molecule has 1 saturated heterocycles. The number of nitrogens with one attached hydrogen (secondary N) is 1. The number of hydrogen-bond acceptors (Lipinski definition) is 3. The number of fused-ring (bicyclic) bond motifs is 1. The highest BCUT2D eigenvalue weighted by atomic mass is 16.2. The largest absolute Gasteiger partial charge is 0.346 e. The van der Waals surface area contributed by atoms with Crippen LogP contribution in [0.3, 0.4) is 0 Å². The Kier molecular flexibility index (Phi) is 4.62. The topological polar surface area (TPSA) is 66.7 Å². The average molecular weight is 362 g/mol. The first-order valence-electron chi connectivity index (χ1n) is 9.23. The monoisotopic (exact) mass is 362 g/mol. The minimum absolute atomic E-state index is 0.153. The number of nitrogens with zero attached hydrogens (tertiary/aromatic N) is 3. The summed E-state index contributed by atoms with van der Waals surface area (Å²) in [5.41, 5.74) is 4.25. The molecule has 0 atom stereocenters. The second kappa shape index (κ2) is 7.23. The minimum atomic E-state index is -0.153. The summed E-state index contributed by atoms with van der Waals surface area (Å²) in [7, 11) is 0. The van der Waals surface area contributed by atoms with E-state index in [9.17, 15) is 9.59 Å². The number of hydrogen-bond donors (Lipinski definition) is 1. The lowest BCUT2D eigenvalue weighted by Crippen LogP contribution is -2.35. The van der Waals surface area contributed by atoms with Crippen molar-refractivity contribution in [3.05, 3.63) is 65.6 Å². The maximum absolute atomic E-state index is 12.4. The Hall–Kier alpha value is -3.15. The Labute approximate surface area is 157 Å². The van der Waals surface area contributed by atoms with E-state index in [1.54, 1.807) is 17.0 Å². The number of pyridine rings is 1. The molecule has 0 aliphatic carbocycles. The Morgan fingerprint density at radius 3 is 2.78 bits per heavy atom. The van der Waals surface area contributed by atoms with Crippen molar-refractivity contribution < 1.29 is 9.59 Å². The molecular weight excluding hydrogens is 340 g/mol. The quantitative estimate of drug-likeness (QED) is 0.776. The molecule has 0 unspecified atom stereocenters. The van der Waals surface area contributed by atoms with Crippen molar-refractivity contribution in [2.45, 2.75) is 32.7 Å². The fourth-order valence-electron chi connectivity index (χ4n) is 3.37. The number of benzene rings is 1. The van der Waals surface area contributed by atoms with E-state index >= 15 is 0 Å². The summed E-state index contributed by atoms with van der Waals surface area (Å²) in [5.74, 6) is 0.000272. The number of imidazole rings is 1. The number of amides is 2. The summed E-state index contributed by atoms with van der Waals surface area (Å²) < 4.78 is 1.94. The number of aryl methyl sites for hydroxylation is 1. The first-order chi connectivity index (χ1) is 13.1. The zero-order valence-electron chi connectivity index (χ0n) is 15.3. The number of aromatic nitrogens is 2. The van der Waals surface area contributed by atoms with Crippen LogP contribution in [0.5, 0.6) is 0 Å². The predicted molar refractivity (Wildman–Crippen MR) is 104 cm³/mol. The first kappa shape index (κ1) is 17.3. The zero-order valence-corrected chi connectivity index (χ0v) is 15.3. The van der Waals surface area contributed by atoms with Gasteiger partial charge in [0.1, 0.15) is 5.65 Å². The van der Waals surface area contributed by atoms with Gasteiger partial charge in [0.15, 0.2) is 0 Å². The second-order valence-electron chi connectivity index (χ2n) is 6.93. The molecule has 1 fully saturated rings. The molecule has 1 aliphatic heterocycles. The lowest BCUT2D eigenvalue weighted by molar-refractivity contribution is -0.119. The molecule has 1 aliphatic rings. The highest BCUT2D eigenvalue weighted by Crippen LogP contribution is 2.21. The van der Waals surface area contributed by atoms with E-state index in [0.29, 0.717) is 18.5 Å². The van der Waals surface area contributed by atoms with Crippen LogP contribution in [0.2, 0.25) is 0 Å². The van der Waals surface area contributed by atoms with Gasteiger partial charge in [-0.05, 0) is 61.7 Å². The van der Waals surface area contributed by atoms with Crippen LogP contribution >= 0.6 is 0 Å². The van der Waals surface area contributed by atoms with Crippen molar-refractivity contribution in [1.29, 1.82) is 0 Å². The first-order valence-corrected chi connectivity index (χ1v) is 9.23. The van der Waals surface area contributed by atoms with Gasteiger partial charge in [-0.2, -0.15) is 0 Å². The van der Waals surface area contributed by atoms with Crippen LogP contribution in [0.25, 0.3) is 5.65 Å². The van der Waals surface area contributed by atoms with Crippen LogP contribution in [-0.2, 0) is 11.3 Å². The van der Waals surface area contributed by atoms with Gasteiger partial charge >= 0.3 is 0 Å². The van der Waals surface area contributed by atoms with E-state index in [1.165, 1.54) is 0 Å². The van der Waals surface area contributed by atoms with Crippen LogP contribution in [0.1, 0.15) is 40.9 Å². The van der Waals surface area contributed by atoms with Gasteiger partial charge in [0.05, 0.1) is 12.2 Å². The molecule has 0 spiro atoms. The fraction of sp³-hybridized carbons (Fsp3) is 0.286. The maximum Gasteiger partial charge on any atom is 0.251 e. The minimum Gasteiger partial charge on any atom is -0.346 e. The molecule has 2 amide bonds. The van der Waals surface area contributed by atoms with E-state index in [4.69, 9.17) is 0 Å². The summed E-state index contributed by atoms with van der Waals surface area (Å²) in [6.45, 7) is 3.14. The number of carbonyl (C=O) groups excluding carboxylic acids is 2. The van der Waals surface area contributed by atoms with Gasteiger partial charge in [-0.3, -0.25) is 9.59 Å². The van der Waals surface area contributed by atoms with Crippen LogP contribution in [-0.4, -0.2) is 27.7 Å². The summed E-state index contributed by atoms with van der Waals surface area (Å²) in [5, 5.41) is 2.90. The van der Waals surface area contributed by atoms with Crippen LogP contribution < -0.4 is 10.2 Å². The molecule has 6 nitrogen and oxygen atoms in total. The molecule has 2 aromatic heterocycles. The molecule has 1 N–H and O–H groups in total. The number of piperidine rings is 1. The number of rotatable bonds is 4. The second-order valence-corrected chi connectivity index (χ2v) is 6.93. The van der Waals surface area contributed by atoms with Crippen molar-refractivity contribution in [3.63, 3.8) is 0 Å². The van der Waals surface area contributed by atoms with E-state index in [0.717, 1.165) is 42.0 Å². The highest BCUT2D eigenvalue weighted by molar-refractivity contribution is 5.96. The van der Waals surface area contributed by atoms with Crippen LogP contribution in [0.15, 0.2) is 48.8 Å². The normalized spacial score (nSPS) is 14.6. The maximum atomic E-state index is 12.4. The summed E-state index contributed by atoms with van der Waals surface area (Å²) in [4.78, 5) is 30.7. The summed E-state index contributed by atoms with van der Waals surface area (Å²) in [6, 6.07) is 11.2. The molecule has 3 aromatic rings. The van der Waals surface area contributed by atoms with Gasteiger partial charge in [-0.25, -0.2) is 4.98 Å². The van der Waals surface area contributed by atoms with Gasteiger partial charge in [-0.1, -0.05) is 0 Å². The lowest BCUT2D eigenvalue weighted by atomic mass is 10.1. The Bertz CT molecular complexity index is 991. The van der Waals surface area contributed by atoms with Gasteiger partial charge in [0, 0.05) is 36.6 Å². The van der Waals surface area contributed by atoms with Gasteiger partial charge < -0.3 is 14.6 Å². The molecular formula is C21H22N4O2. The number of anilines is 1. The Morgan fingerprint density at radius 1 is 1.19 bits per heavy atom. The highest BCUT2D eigenvalue weighted by Gasteiger charge is 2.19. The molecule has 3 heterocycles. The van der Waals surface area contributed by atoms with Crippen LogP contribution in [0, 0.1) is 6.92 Å². The Balaban J connectivity index is 1.41. The standard InChI is InChI=1S/C21H22N4O2/c1-15-9-11-24-14-17(23-19(24)12-15)13-22-21(27)16-5-7-18(8-6-16)25-10-3-2-4-20(25)26/h5-9,11-12,14H,2-4,10,13H2,1H3,(H,22,27). The average Bonchev–Trinajstić information content (AvgIpc) is 3.08. The predicted octanol–water partition coefficient (Wildman–Crippen LogP) is 3.09. The van der Waals surface area contributed by atoms with E-state index < -0.39 is 0 Å². The SMILES string of the molecule is Cc1ccn2cc(CNC(=O)c3ccc(N4CCCCC4=O)cc3)nc2c1. The van der Waals surface area contributed by atoms with Crippen molar-refractivity contribution in [3.8, 4) is 0 Å². The molecule has 0 saturated carbocycles. The zero-order chi connectivity index (χ0) is 18.8. The van der Waals surface area contributed by atoms with Gasteiger partial charge in [-0.15, -0.1) is 0 Å². The van der Waals surface area contributed by atoms with Crippen molar-refractivity contribution >= 4 is 23.1 Å². The van der Waals surface area contributed by atoms with E-state index in [-0.39, 0.29) is 11.8 Å². The third kappa shape index (κ3) is 3.69. The Morgan fingerprint density at radius 2 is 2.00 bits per heavy atom. The van der Waals surface area contributed by atoms with Crippen molar-refractivity contribution in [2.75, 3.05) is 11.4 Å².